The van der Waals surface area contributed by atoms with Crippen molar-refractivity contribution in [3.63, 3.8) is 0 Å². The van der Waals surface area contributed by atoms with Gasteiger partial charge in [0.1, 0.15) is 5.01 Å². The Morgan fingerprint density at radius 3 is 2.69 bits per heavy atom. The van der Waals surface area contributed by atoms with Crippen molar-refractivity contribution in [2.75, 3.05) is 0 Å². The number of aryl methyl sites for hydroxylation is 2. The van der Waals surface area contributed by atoms with Gasteiger partial charge in [0.25, 0.3) is 0 Å². The highest BCUT2D eigenvalue weighted by molar-refractivity contribution is 7.11. The van der Waals surface area contributed by atoms with E-state index >= 15 is 0 Å². The van der Waals surface area contributed by atoms with E-state index in [1.807, 2.05) is 6.20 Å². The minimum atomic E-state index is 0.539. The van der Waals surface area contributed by atoms with Crippen LogP contribution in [0, 0.1) is 13.8 Å². The summed E-state index contributed by atoms with van der Waals surface area (Å²) in [5.74, 6) is 0. The van der Waals surface area contributed by atoms with Gasteiger partial charge >= 0.3 is 0 Å². The van der Waals surface area contributed by atoms with Crippen LogP contribution in [0.2, 0.25) is 0 Å². The largest absolute Gasteiger partial charge is 0.325 e. The summed E-state index contributed by atoms with van der Waals surface area (Å²) in [4.78, 5) is 5.55. The molecule has 2 nitrogen and oxygen atoms in total. The Morgan fingerprint density at radius 1 is 1.25 bits per heavy atom. The Balaban J connectivity index is 2.17. The van der Waals surface area contributed by atoms with E-state index in [1.54, 1.807) is 11.3 Å². The van der Waals surface area contributed by atoms with Crippen molar-refractivity contribution in [3.8, 4) is 0 Å². The second-order valence-corrected chi connectivity index (χ2v) is 5.22. The molecule has 0 atom stereocenters. The molecule has 0 aliphatic rings. The summed E-state index contributed by atoms with van der Waals surface area (Å²) in [6.45, 7) is 4.83. The molecule has 0 saturated heterocycles. The number of hydrogen-bond acceptors (Lipinski definition) is 3. The number of thiazole rings is 1. The Kier molecular flexibility index (Phi) is 3.36. The van der Waals surface area contributed by atoms with E-state index in [0.717, 1.165) is 11.4 Å². The van der Waals surface area contributed by atoms with Crippen LogP contribution in [-0.4, -0.2) is 4.98 Å². The van der Waals surface area contributed by atoms with Crippen LogP contribution in [0.15, 0.2) is 24.4 Å². The maximum Gasteiger partial charge on any atom is 0.106 e. The van der Waals surface area contributed by atoms with Gasteiger partial charge < -0.3 is 5.73 Å². The fraction of sp³-hybridized carbons (Fsp3) is 0.308. The highest BCUT2D eigenvalue weighted by Gasteiger charge is 2.02. The van der Waals surface area contributed by atoms with Gasteiger partial charge in [0, 0.05) is 24.0 Å². The van der Waals surface area contributed by atoms with Crippen LogP contribution in [0.25, 0.3) is 0 Å². The first-order valence-corrected chi connectivity index (χ1v) is 6.20. The van der Waals surface area contributed by atoms with E-state index in [9.17, 15) is 0 Å². The monoisotopic (exact) mass is 232 g/mol. The van der Waals surface area contributed by atoms with Gasteiger partial charge in [0.05, 0.1) is 0 Å². The van der Waals surface area contributed by atoms with Gasteiger partial charge in [-0.15, -0.1) is 11.3 Å². The summed E-state index contributed by atoms with van der Waals surface area (Å²) in [5.41, 5.74) is 9.58. The second-order valence-electron chi connectivity index (χ2n) is 4.02. The number of aromatic nitrogens is 1. The zero-order valence-electron chi connectivity index (χ0n) is 9.66. The lowest BCUT2D eigenvalue weighted by Crippen LogP contribution is -1.93. The molecular formula is C13H16N2S. The molecule has 0 aliphatic heterocycles. The van der Waals surface area contributed by atoms with Gasteiger partial charge in [-0.25, -0.2) is 4.98 Å². The Labute approximate surface area is 100 Å². The lowest BCUT2D eigenvalue weighted by molar-refractivity contribution is 1.04. The first-order chi connectivity index (χ1) is 7.69. The summed E-state index contributed by atoms with van der Waals surface area (Å²) < 4.78 is 0. The molecule has 1 aromatic heterocycles. The number of hydrogen-bond donors (Lipinski definition) is 1. The quantitative estimate of drug-likeness (QED) is 0.883. The van der Waals surface area contributed by atoms with Crippen LogP contribution in [0.5, 0.6) is 0 Å². The fourth-order valence-electron chi connectivity index (χ4n) is 1.64. The summed E-state index contributed by atoms with van der Waals surface area (Å²) in [5, 5.41) is 1.01. The Hall–Kier alpha value is -1.19. The predicted octanol–water partition coefficient (Wildman–Crippen LogP) is 2.81. The Morgan fingerprint density at radius 2 is 2.06 bits per heavy atom. The first kappa shape index (κ1) is 11.3. The zero-order valence-corrected chi connectivity index (χ0v) is 10.5. The van der Waals surface area contributed by atoms with E-state index in [-0.39, 0.29) is 0 Å². The van der Waals surface area contributed by atoms with Gasteiger partial charge in [0.15, 0.2) is 0 Å². The minimum Gasteiger partial charge on any atom is -0.325 e. The molecule has 3 heteroatoms. The normalized spacial score (nSPS) is 10.7. The molecule has 0 unspecified atom stereocenters. The topological polar surface area (TPSA) is 38.9 Å². The summed E-state index contributed by atoms with van der Waals surface area (Å²) in [6.07, 6.45) is 2.89. The molecule has 0 aliphatic carbocycles. The molecule has 1 heterocycles. The molecule has 0 saturated carbocycles. The van der Waals surface area contributed by atoms with Crippen LogP contribution < -0.4 is 5.73 Å². The standard InChI is InChI=1S/C13H16N2S/c1-9-3-4-11(5-10(9)2)6-12-8-15-13(7-14)16-12/h3-5,8H,6-7,14H2,1-2H3. The molecule has 0 amide bonds. The van der Waals surface area contributed by atoms with E-state index in [1.165, 1.54) is 21.6 Å². The van der Waals surface area contributed by atoms with Crippen molar-refractivity contribution >= 4 is 11.3 Å². The molecule has 16 heavy (non-hydrogen) atoms. The number of nitrogens with zero attached hydrogens (tertiary/aromatic N) is 1. The molecule has 0 spiro atoms. The van der Waals surface area contributed by atoms with Crippen molar-refractivity contribution < 1.29 is 0 Å². The summed E-state index contributed by atoms with van der Waals surface area (Å²) >= 11 is 1.70. The van der Waals surface area contributed by atoms with Crippen molar-refractivity contribution in [1.82, 2.24) is 4.98 Å². The molecule has 2 rings (SSSR count). The average molecular weight is 232 g/mol. The van der Waals surface area contributed by atoms with Crippen molar-refractivity contribution in [2.24, 2.45) is 5.73 Å². The third kappa shape index (κ3) is 2.49. The lowest BCUT2D eigenvalue weighted by Gasteiger charge is -2.03. The SMILES string of the molecule is Cc1ccc(Cc2cnc(CN)s2)cc1C. The Bertz CT molecular complexity index is 488. The van der Waals surface area contributed by atoms with Crippen molar-refractivity contribution in [3.05, 3.63) is 51.0 Å². The molecule has 2 N–H and O–H groups in total. The molecule has 0 fully saturated rings. The first-order valence-electron chi connectivity index (χ1n) is 5.39. The highest BCUT2D eigenvalue weighted by atomic mass is 32.1. The van der Waals surface area contributed by atoms with E-state index < -0.39 is 0 Å². The smallest absolute Gasteiger partial charge is 0.106 e. The van der Waals surface area contributed by atoms with Gasteiger partial charge in [-0.05, 0) is 30.5 Å². The number of benzene rings is 1. The average Bonchev–Trinajstić information content (AvgIpc) is 2.71. The van der Waals surface area contributed by atoms with Crippen LogP contribution >= 0.6 is 11.3 Å². The lowest BCUT2D eigenvalue weighted by atomic mass is 10.0. The van der Waals surface area contributed by atoms with Crippen LogP contribution in [-0.2, 0) is 13.0 Å². The maximum absolute atomic E-state index is 5.55. The van der Waals surface area contributed by atoms with Crippen LogP contribution in [0.1, 0.15) is 26.6 Å². The van der Waals surface area contributed by atoms with Crippen molar-refractivity contribution in [2.45, 2.75) is 26.8 Å². The summed E-state index contributed by atoms with van der Waals surface area (Å²) in [6, 6.07) is 6.61. The van der Waals surface area contributed by atoms with E-state index in [2.05, 4.69) is 37.0 Å². The van der Waals surface area contributed by atoms with E-state index in [4.69, 9.17) is 5.73 Å². The molecule has 1 aromatic carbocycles. The highest BCUT2D eigenvalue weighted by Crippen LogP contribution is 2.18. The van der Waals surface area contributed by atoms with Gasteiger partial charge in [-0.1, -0.05) is 18.2 Å². The van der Waals surface area contributed by atoms with Gasteiger partial charge in [0.2, 0.25) is 0 Å². The number of nitrogens with two attached hydrogens (primary N) is 1. The van der Waals surface area contributed by atoms with Gasteiger partial charge in [-0.2, -0.15) is 0 Å². The molecule has 84 valence electrons. The zero-order chi connectivity index (χ0) is 11.5. The predicted molar refractivity (Wildman–Crippen MR) is 68.7 cm³/mol. The third-order valence-electron chi connectivity index (χ3n) is 2.73. The molecular weight excluding hydrogens is 216 g/mol. The third-order valence-corrected chi connectivity index (χ3v) is 3.75. The maximum atomic E-state index is 5.55. The molecule has 0 radical (unpaired) electrons. The number of rotatable bonds is 3. The summed E-state index contributed by atoms with van der Waals surface area (Å²) in [7, 11) is 0. The van der Waals surface area contributed by atoms with Crippen LogP contribution in [0.3, 0.4) is 0 Å². The molecule has 0 bridgehead atoms. The minimum absolute atomic E-state index is 0.539. The van der Waals surface area contributed by atoms with Crippen molar-refractivity contribution in [1.29, 1.82) is 0 Å². The van der Waals surface area contributed by atoms with Gasteiger partial charge in [-0.3, -0.25) is 0 Å². The second kappa shape index (κ2) is 4.76. The molecule has 2 aromatic rings. The fourth-order valence-corrected chi connectivity index (χ4v) is 2.47. The van der Waals surface area contributed by atoms with E-state index in [0.29, 0.717) is 6.54 Å². The van der Waals surface area contributed by atoms with Crippen LogP contribution in [0.4, 0.5) is 0 Å².